The largest absolute Gasteiger partial charge is 0.449 e. The quantitative estimate of drug-likeness (QED) is 0.608. The van der Waals surface area contributed by atoms with Gasteiger partial charge in [-0.25, -0.2) is 4.98 Å². The molecule has 0 saturated carbocycles. The van der Waals surface area contributed by atoms with Crippen LogP contribution in [0.1, 0.15) is 11.3 Å². The van der Waals surface area contributed by atoms with Crippen LogP contribution in [0.3, 0.4) is 0 Å². The Labute approximate surface area is 176 Å². The summed E-state index contributed by atoms with van der Waals surface area (Å²) in [7, 11) is 0. The first-order valence-electron chi connectivity index (χ1n) is 8.41. The molecule has 2 heterocycles. The van der Waals surface area contributed by atoms with E-state index in [-0.39, 0.29) is 22.2 Å². The second kappa shape index (κ2) is 8.62. The highest BCUT2D eigenvalue weighted by atomic mass is 35.5. The maximum atomic E-state index is 13.4. The van der Waals surface area contributed by atoms with Crippen molar-refractivity contribution in [1.82, 2.24) is 20.4 Å². The zero-order valence-electron chi connectivity index (χ0n) is 15.3. The minimum atomic E-state index is -5.01. The van der Waals surface area contributed by atoms with Crippen molar-refractivity contribution in [3.05, 3.63) is 51.2 Å². The summed E-state index contributed by atoms with van der Waals surface area (Å²) in [5.41, 5.74) is 1.81. The number of carbonyl (C=O) groups is 1. The molecule has 1 aliphatic rings. The van der Waals surface area contributed by atoms with Gasteiger partial charge in [0.2, 0.25) is 5.75 Å². The van der Waals surface area contributed by atoms with Gasteiger partial charge in [0.05, 0.1) is 31.1 Å². The van der Waals surface area contributed by atoms with Gasteiger partial charge in [0.1, 0.15) is 11.6 Å². The number of rotatable bonds is 5. The molecule has 0 spiro atoms. The Morgan fingerprint density at radius 1 is 1.29 bits per heavy atom. The summed E-state index contributed by atoms with van der Waals surface area (Å²) < 4.78 is 46.1. The second-order valence-corrected chi connectivity index (χ2v) is 6.57. The number of amides is 1. The van der Waals surface area contributed by atoms with Crippen LogP contribution in [0.5, 0.6) is 11.5 Å². The number of halogens is 4. The van der Waals surface area contributed by atoms with Crippen LogP contribution in [0.15, 0.2) is 34.3 Å². The SMILES string of the molecule is N#Cc1cc(Cl)cc(Oc2c(C(F)(F)F)ncn(CC3=NC(CO)C(=O)NN3)c2=O)c1. The van der Waals surface area contributed by atoms with Gasteiger partial charge in [-0.15, -0.1) is 0 Å². The molecule has 10 nitrogen and oxygen atoms in total. The molecule has 1 aromatic carbocycles. The number of nitrogens with zero attached hydrogens (tertiary/aromatic N) is 4. The number of benzene rings is 1. The van der Waals surface area contributed by atoms with Crippen molar-refractivity contribution in [2.45, 2.75) is 18.8 Å². The number of aromatic nitrogens is 2. The minimum absolute atomic E-state index is 0.00632. The van der Waals surface area contributed by atoms with Gasteiger partial charge in [-0.05, 0) is 18.2 Å². The van der Waals surface area contributed by atoms with Gasteiger partial charge in [-0.1, -0.05) is 11.6 Å². The van der Waals surface area contributed by atoms with Crippen molar-refractivity contribution in [1.29, 1.82) is 5.26 Å². The summed E-state index contributed by atoms with van der Waals surface area (Å²) in [6, 6.07) is 4.13. The molecule has 1 unspecified atom stereocenters. The highest BCUT2D eigenvalue weighted by Crippen LogP contribution is 2.35. The second-order valence-electron chi connectivity index (χ2n) is 6.13. The number of hydrazine groups is 1. The molecule has 31 heavy (non-hydrogen) atoms. The van der Waals surface area contributed by atoms with E-state index < -0.39 is 48.3 Å². The van der Waals surface area contributed by atoms with Crippen molar-refractivity contribution in [2.24, 2.45) is 4.99 Å². The van der Waals surface area contributed by atoms with Crippen LogP contribution >= 0.6 is 11.6 Å². The van der Waals surface area contributed by atoms with Gasteiger partial charge < -0.3 is 9.84 Å². The first kappa shape index (κ1) is 22.1. The topological polar surface area (TPSA) is 142 Å². The number of hydrogen-bond acceptors (Lipinski definition) is 8. The molecule has 162 valence electrons. The van der Waals surface area contributed by atoms with Crippen LogP contribution in [-0.4, -0.2) is 39.0 Å². The third-order valence-corrected chi connectivity index (χ3v) is 4.14. The van der Waals surface area contributed by atoms with E-state index in [1.165, 1.54) is 6.07 Å². The lowest BCUT2D eigenvalue weighted by Crippen LogP contribution is -2.53. The number of nitriles is 1. The maximum Gasteiger partial charge on any atom is 0.437 e. The average Bonchev–Trinajstić information content (AvgIpc) is 2.70. The zero-order valence-corrected chi connectivity index (χ0v) is 16.0. The van der Waals surface area contributed by atoms with Crippen molar-refractivity contribution in [3.8, 4) is 17.6 Å². The number of ether oxygens (including phenoxy) is 1. The monoisotopic (exact) mass is 456 g/mol. The molecule has 3 rings (SSSR count). The average molecular weight is 457 g/mol. The molecular formula is C17H12ClF3N6O4. The van der Waals surface area contributed by atoms with Gasteiger partial charge in [-0.2, -0.15) is 18.4 Å². The van der Waals surface area contributed by atoms with Crippen LogP contribution in [0, 0.1) is 11.3 Å². The molecule has 1 aromatic heterocycles. The van der Waals surface area contributed by atoms with Crippen LogP contribution in [-0.2, 0) is 17.5 Å². The molecule has 0 radical (unpaired) electrons. The first-order chi connectivity index (χ1) is 14.6. The fourth-order valence-electron chi connectivity index (χ4n) is 2.54. The summed E-state index contributed by atoms with van der Waals surface area (Å²) in [6.07, 6.45) is -4.37. The van der Waals surface area contributed by atoms with E-state index in [2.05, 4.69) is 20.8 Å². The van der Waals surface area contributed by atoms with Gasteiger partial charge in [0.25, 0.3) is 11.5 Å². The number of aliphatic imine (C=N–C) groups is 1. The number of aliphatic hydroxyl groups is 1. The van der Waals surface area contributed by atoms with Gasteiger partial charge in [0.15, 0.2) is 11.7 Å². The Hall–Kier alpha value is -3.63. The number of aliphatic hydroxyl groups excluding tert-OH is 1. The smallest absolute Gasteiger partial charge is 0.437 e. The third kappa shape index (κ3) is 4.93. The van der Waals surface area contributed by atoms with Crippen molar-refractivity contribution < 1.29 is 27.8 Å². The fraction of sp³-hybridized carbons (Fsp3) is 0.235. The van der Waals surface area contributed by atoms with Gasteiger partial charge in [0, 0.05) is 5.02 Å². The summed E-state index contributed by atoms with van der Waals surface area (Å²) in [4.78, 5) is 31.4. The molecule has 1 amide bonds. The molecule has 0 bridgehead atoms. The molecule has 0 aliphatic carbocycles. The van der Waals surface area contributed by atoms with Gasteiger partial charge in [-0.3, -0.25) is 30.0 Å². The lowest BCUT2D eigenvalue weighted by atomic mass is 10.2. The molecule has 1 aliphatic heterocycles. The van der Waals surface area contributed by atoms with E-state index >= 15 is 0 Å². The van der Waals surface area contributed by atoms with E-state index in [0.29, 0.717) is 6.33 Å². The van der Waals surface area contributed by atoms with Crippen LogP contribution in [0.2, 0.25) is 5.02 Å². The normalized spacial score (nSPS) is 16.1. The van der Waals surface area contributed by atoms with Crippen molar-refractivity contribution in [3.63, 3.8) is 0 Å². The first-order valence-corrected chi connectivity index (χ1v) is 8.78. The Bertz CT molecular complexity index is 1160. The Balaban J connectivity index is 2.03. The van der Waals surface area contributed by atoms with Crippen LogP contribution < -0.4 is 21.1 Å². The standard InChI is InChI=1S/C17H12ClF3N6O4/c18-9-1-8(4-22)2-10(3-9)31-13-14(17(19,20)21)23-7-27(16(13)30)5-12-24-11(6-28)15(29)26-25-12/h1-3,7,11,28H,5-6H2,(H,24,25)(H,26,29). The molecular weight excluding hydrogens is 445 g/mol. The zero-order chi connectivity index (χ0) is 22.8. The summed E-state index contributed by atoms with van der Waals surface area (Å²) >= 11 is 5.83. The summed E-state index contributed by atoms with van der Waals surface area (Å²) in [6.45, 7) is -1.02. The van der Waals surface area contributed by atoms with Gasteiger partial charge >= 0.3 is 6.18 Å². The lowest BCUT2D eigenvalue weighted by molar-refractivity contribution is -0.142. The molecule has 0 fully saturated rings. The Morgan fingerprint density at radius 2 is 2.03 bits per heavy atom. The van der Waals surface area contributed by atoms with Crippen LogP contribution in [0.4, 0.5) is 13.2 Å². The number of alkyl halides is 3. The molecule has 3 N–H and O–H groups in total. The number of carbonyl (C=O) groups excluding carboxylic acids is 1. The number of hydrogen-bond donors (Lipinski definition) is 3. The fourth-order valence-corrected chi connectivity index (χ4v) is 2.77. The summed E-state index contributed by atoms with van der Waals surface area (Å²) in [5.74, 6) is -2.04. The predicted octanol–water partition coefficient (Wildman–Crippen LogP) is 0.973. The highest BCUT2D eigenvalue weighted by Gasteiger charge is 2.39. The molecule has 2 aromatic rings. The molecule has 14 heteroatoms. The lowest BCUT2D eigenvalue weighted by Gasteiger charge is -2.21. The Morgan fingerprint density at radius 3 is 2.68 bits per heavy atom. The number of nitrogens with one attached hydrogen (secondary N) is 2. The molecule has 1 atom stereocenters. The van der Waals surface area contributed by atoms with E-state index in [1.807, 2.05) is 0 Å². The maximum absolute atomic E-state index is 13.4. The highest BCUT2D eigenvalue weighted by molar-refractivity contribution is 6.30. The van der Waals surface area contributed by atoms with Crippen molar-refractivity contribution in [2.75, 3.05) is 6.61 Å². The van der Waals surface area contributed by atoms with E-state index in [4.69, 9.17) is 26.7 Å². The molecule has 0 saturated heterocycles. The summed E-state index contributed by atoms with van der Waals surface area (Å²) in [5, 5.41) is 18.1. The van der Waals surface area contributed by atoms with Crippen LogP contribution in [0.25, 0.3) is 0 Å². The Kier molecular flexibility index (Phi) is 6.14. The number of amidine groups is 1. The third-order valence-electron chi connectivity index (χ3n) is 3.92. The predicted molar refractivity (Wildman–Crippen MR) is 99.3 cm³/mol. The van der Waals surface area contributed by atoms with E-state index in [0.717, 1.165) is 16.7 Å². The minimum Gasteiger partial charge on any atom is -0.449 e. The van der Waals surface area contributed by atoms with E-state index in [9.17, 15) is 22.8 Å². The van der Waals surface area contributed by atoms with Crippen molar-refractivity contribution >= 4 is 23.3 Å². The van der Waals surface area contributed by atoms with E-state index in [1.54, 1.807) is 6.07 Å².